The lowest BCUT2D eigenvalue weighted by molar-refractivity contribution is -0.00208. The molecule has 3 aromatic heterocycles. The average Bonchev–Trinajstić information content (AvgIpc) is 3.41. The number of anilines is 2. The number of hydrogen-bond donors (Lipinski definition) is 2. The third kappa shape index (κ3) is 2.91. The Labute approximate surface area is 175 Å². The molecule has 2 aliphatic rings. The van der Waals surface area contributed by atoms with Gasteiger partial charge in [0.05, 0.1) is 24.2 Å². The number of nitrogens with one attached hydrogen (secondary N) is 2. The molecule has 30 heavy (non-hydrogen) atoms. The highest BCUT2D eigenvalue weighted by Crippen LogP contribution is 2.49. The Balaban J connectivity index is 1.60. The summed E-state index contributed by atoms with van der Waals surface area (Å²) < 4.78 is 7.89. The summed E-state index contributed by atoms with van der Waals surface area (Å²) in [5.74, 6) is 1.66. The number of piperidine rings is 1. The highest BCUT2D eigenvalue weighted by molar-refractivity contribution is 5.83. The second kappa shape index (κ2) is 7.29. The first-order valence-electron chi connectivity index (χ1n) is 10.5. The van der Waals surface area contributed by atoms with Crippen LogP contribution < -0.4 is 10.1 Å². The first-order chi connectivity index (χ1) is 14.6. The Morgan fingerprint density at radius 1 is 1.37 bits per heavy atom. The van der Waals surface area contributed by atoms with Crippen LogP contribution in [0.5, 0.6) is 5.88 Å². The van der Waals surface area contributed by atoms with Crippen molar-refractivity contribution < 1.29 is 4.74 Å². The summed E-state index contributed by atoms with van der Waals surface area (Å²) in [6.07, 6.45) is 8.33. The lowest BCUT2D eigenvalue weighted by Gasteiger charge is -2.46. The van der Waals surface area contributed by atoms with Crippen LogP contribution in [0.4, 0.5) is 11.8 Å². The van der Waals surface area contributed by atoms with Gasteiger partial charge in [0, 0.05) is 37.0 Å². The van der Waals surface area contributed by atoms with E-state index in [9.17, 15) is 5.26 Å². The van der Waals surface area contributed by atoms with Gasteiger partial charge in [-0.1, -0.05) is 0 Å². The van der Waals surface area contributed by atoms with Crippen molar-refractivity contribution >= 4 is 22.8 Å². The monoisotopic (exact) mass is 406 g/mol. The first-order valence-corrected chi connectivity index (χ1v) is 10.5. The quantitative estimate of drug-likeness (QED) is 0.646. The van der Waals surface area contributed by atoms with E-state index in [-0.39, 0.29) is 5.66 Å². The number of hydrogen-bond acceptors (Lipinski definition) is 7. The fourth-order valence-electron chi connectivity index (χ4n) is 5.30. The van der Waals surface area contributed by atoms with Crippen LogP contribution in [0.3, 0.4) is 0 Å². The highest BCUT2D eigenvalue weighted by atomic mass is 16.5. The van der Waals surface area contributed by atoms with Crippen molar-refractivity contribution in [1.82, 2.24) is 29.6 Å². The third-order valence-electron chi connectivity index (χ3n) is 6.53. The second-order valence-electron chi connectivity index (χ2n) is 8.21. The maximum Gasteiger partial charge on any atom is 0.233 e. The van der Waals surface area contributed by atoms with Crippen LogP contribution in [0.2, 0.25) is 0 Å². The summed E-state index contributed by atoms with van der Waals surface area (Å²) in [6, 6.07) is 6.81. The van der Waals surface area contributed by atoms with Crippen LogP contribution in [0, 0.1) is 18.3 Å². The first kappa shape index (κ1) is 18.9. The Morgan fingerprint density at radius 3 is 3.03 bits per heavy atom. The molecule has 2 fully saturated rings. The zero-order chi connectivity index (χ0) is 20.7. The summed E-state index contributed by atoms with van der Waals surface area (Å²) in [5, 5.41) is 20.4. The predicted octanol–water partition coefficient (Wildman–Crippen LogP) is 3.43. The molecule has 3 aromatic rings. The number of fused-ring (bicyclic) bond motifs is 3. The lowest BCUT2D eigenvalue weighted by atomic mass is 9.96. The summed E-state index contributed by atoms with van der Waals surface area (Å²) in [5.41, 5.74) is 1.67. The van der Waals surface area contributed by atoms with Crippen LogP contribution >= 0.6 is 0 Å². The number of aromatic amines is 1. The van der Waals surface area contributed by atoms with Gasteiger partial charge in [0.15, 0.2) is 11.5 Å². The number of ether oxygens (including phenoxy) is 1. The molecule has 0 amide bonds. The normalized spacial score (nSPS) is 23.6. The van der Waals surface area contributed by atoms with Gasteiger partial charge in [-0.05, 0) is 45.1 Å². The second-order valence-corrected chi connectivity index (χ2v) is 8.21. The zero-order valence-electron chi connectivity index (χ0n) is 17.4. The van der Waals surface area contributed by atoms with Crippen LogP contribution in [-0.2, 0) is 5.66 Å². The van der Waals surface area contributed by atoms with Crippen LogP contribution in [0.25, 0.3) is 11.0 Å². The van der Waals surface area contributed by atoms with Gasteiger partial charge < -0.3 is 14.6 Å². The molecule has 0 aromatic carbocycles. The van der Waals surface area contributed by atoms with Crippen molar-refractivity contribution in [3.05, 3.63) is 24.0 Å². The summed E-state index contributed by atoms with van der Waals surface area (Å²) in [7, 11) is 1.63. The van der Waals surface area contributed by atoms with Gasteiger partial charge in [-0.15, -0.1) is 0 Å². The van der Waals surface area contributed by atoms with E-state index in [0.717, 1.165) is 42.5 Å². The lowest BCUT2D eigenvalue weighted by Crippen LogP contribution is -2.52. The number of aromatic nitrogens is 5. The molecule has 5 rings (SSSR count). The van der Waals surface area contributed by atoms with Crippen molar-refractivity contribution in [3.8, 4) is 11.9 Å². The van der Waals surface area contributed by atoms with E-state index >= 15 is 0 Å². The fourth-order valence-corrected chi connectivity index (χ4v) is 5.30. The van der Waals surface area contributed by atoms with Gasteiger partial charge in [0.1, 0.15) is 0 Å². The van der Waals surface area contributed by atoms with E-state index < -0.39 is 0 Å². The zero-order valence-corrected chi connectivity index (χ0v) is 17.4. The average molecular weight is 406 g/mol. The van der Waals surface area contributed by atoms with Crippen LogP contribution in [0.15, 0.2) is 18.3 Å². The number of methoxy groups -OCH3 is 1. The van der Waals surface area contributed by atoms with Crippen molar-refractivity contribution in [2.75, 3.05) is 19.0 Å². The van der Waals surface area contributed by atoms with Gasteiger partial charge in [-0.25, -0.2) is 0 Å². The minimum Gasteiger partial charge on any atom is -0.480 e. The number of nitrogens with zero attached hydrogens (tertiary/aromatic N) is 6. The molecular formula is C21H26N8O. The fraction of sp³-hybridized carbons (Fsp3) is 0.524. The SMILES string of the molecule is COc1nc(Nc2cc(C)[nH]n2)nc2c1ccn2C12CCCC(CC1)N2CCC#N. The van der Waals surface area contributed by atoms with E-state index in [0.29, 0.717) is 30.1 Å². The van der Waals surface area contributed by atoms with Crippen molar-refractivity contribution in [2.45, 2.75) is 57.2 Å². The predicted molar refractivity (Wildman–Crippen MR) is 112 cm³/mol. The molecule has 0 saturated carbocycles. The summed E-state index contributed by atoms with van der Waals surface area (Å²) >= 11 is 0. The molecule has 2 atom stereocenters. The van der Waals surface area contributed by atoms with Crippen LogP contribution in [0.1, 0.15) is 44.2 Å². The van der Waals surface area contributed by atoms with Crippen molar-refractivity contribution in [2.24, 2.45) is 0 Å². The smallest absolute Gasteiger partial charge is 0.233 e. The molecule has 2 bridgehead atoms. The van der Waals surface area contributed by atoms with E-state index in [1.54, 1.807) is 7.11 Å². The standard InChI is InChI=1S/C21H26N8O/c1-14-13-17(27-26-14)23-20-24-18-16(19(25-20)30-2)7-12-29(18)21-8-3-5-15(6-9-21)28(21)11-4-10-22/h7,12-13,15H,3-6,8-9,11H2,1-2H3,(H2,23,24,25,26,27). The van der Waals surface area contributed by atoms with Gasteiger partial charge >= 0.3 is 0 Å². The Hall–Kier alpha value is -3.12. The maximum atomic E-state index is 9.19. The molecule has 2 saturated heterocycles. The molecule has 156 valence electrons. The van der Waals surface area contributed by atoms with Crippen molar-refractivity contribution in [3.63, 3.8) is 0 Å². The molecule has 9 heteroatoms. The summed E-state index contributed by atoms with van der Waals surface area (Å²) in [6.45, 7) is 2.74. The van der Waals surface area contributed by atoms with E-state index in [1.807, 2.05) is 19.1 Å². The molecule has 9 nitrogen and oxygen atoms in total. The van der Waals surface area contributed by atoms with Gasteiger partial charge in [-0.3, -0.25) is 10.00 Å². The topological polar surface area (TPSA) is 108 Å². The van der Waals surface area contributed by atoms with E-state index in [1.165, 1.54) is 12.8 Å². The largest absolute Gasteiger partial charge is 0.480 e. The van der Waals surface area contributed by atoms with E-state index in [4.69, 9.17) is 9.72 Å². The minimum atomic E-state index is -0.138. The Bertz CT molecular complexity index is 1110. The summed E-state index contributed by atoms with van der Waals surface area (Å²) in [4.78, 5) is 11.9. The van der Waals surface area contributed by atoms with Gasteiger partial charge in [0.25, 0.3) is 0 Å². The molecule has 5 heterocycles. The Kier molecular flexibility index (Phi) is 4.59. The number of nitriles is 1. The highest BCUT2D eigenvalue weighted by Gasteiger charge is 2.50. The van der Waals surface area contributed by atoms with Crippen LogP contribution in [-0.4, -0.2) is 49.3 Å². The molecule has 0 radical (unpaired) electrons. The number of aryl methyl sites for hydroxylation is 1. The number of H-pyrrole nitrogens is 1. The minimum absolute atomic E-state index is 0.138. The van der Waals surface area contributed by atoms with E-state index in [2.05, 4.69) is 42.2 Å². The van der Waals surface area contributed by atoms with Gasteiger partial charge in [-0.2, -0.15) is 20.3 Å². The Morgan fingerprint density at radius 2 is 2.27 bits per heavy atom. The molecular weight excluding hydrogens is 380 g/mol. The maximum absolute atomic E-state index is 9.19. The molecule has 2 N–H and O–H groups in total. The molecule has 0 aliphatic carbocycles. The van der Waals surface area contributed by atoms with Gasteiger partial charge in [0.2, 0.25) is 11.8 Å². The third-order valence-corrected chi connectivity index (χ3v) is 6.53. The number of rotatable bonds is 6. The molecule has 2 aliphatic heterocycles. The molecule has 2 unspecified atom stereocenters. The van der Waals surface area contributed by atoms with Crippen molar-refractivity contribution in [1.29, 1.82) is 5.26 Å². The molecule has 0 spiro atoms.